The van der Waals surface area contributed by atoms with Gasteiger partial charge in [-0.1, -0.05) is 0 Å². The van der Waals surface area contributed by atoms with Crippen LogP contribution in [0.25, 0.3) is 0 Å². The molecule has 0 aromatic carbocycles. The molecule has 0 atom stereocenters. The third-order valence-corrected chi connectivity index (χ3v) is 4.24. The summed E-state index contributed by atoms with van der Waals surface area (Å²) >= 11 is 0. The monoisotopic (exact) mass is 466 g/mol. The van der Waals surface area contributed by atoms with Crippen LogP contribution in [0, 0.1) is 0 Å². The molecule has 0 amide bonds. The van der Waals surface area contributed by atoms with Crippen LogP contribution in [0.4, 0.5) is 0 Å². The van der Waals surface area contributed by atoms with Gasteiger partial charge in [0.25, 0.3) is 0 Å². The van der Waals surface area contributed by atoms with E-state index in [0.29, 0.717) is 25.7 Å². The quantitative estimate of drug-likeness (QED) is 0.146. The van der Waals surface area contributed by atoms with Crippen molar-refractivity contribution in [1.29, 1.82) is 0 Å². The Kier molecular flexibility index (Phi) is 11.8. The maximum atomic E-state index is 5.58. The predicted octanol–water partition coefficient (Wildman–Crippen LogP) is 6.97. The summed E-state index contributed by atoms with van der Waals surface area (Å²) in [5.41, 5.74) is -2.92. The first-order valence-corrected chi connectivity index (χ1v) is 11.5. The largest absolute Gasteiger partial charge is 0.230 e. The lowest BCUT2D eigenvalue weighted by Crippen LogP contribution is -2.35. The SMILES string of the molecule is CC(C)(C)OOC(C)(C)CCC(C)(C)OOOOC(C)(C)CCC(C)(C)OOC(C)(C)C. The third-order valence-electron chi connectivity index (χ3n) is 4.24. The molecule has 0 saturated carbocycles. The highest BCUT2D eigenvalue weighted by atomic mass is 17.7. The Morgan fingerprint density at radius 3 is 0.750 bits per heavy atom. The molecule has 0 aromatic heterocycles. The minimum Gasteiger partial charge on any atom is -0.230 e. The third kappa shape index (κ3) is 18.1. The fourth-order valence-corrected chi connectivity index (χ4v) is 2.06. The second-order valence-corrected chi connectivity index (χ2v) is 12.9. The standard InChI is InChI=1S/C24H50O8/c1-19(2,3)25-27-21(7,8)15-17-23(11,12)29-31-32-30-24(13,14)18-16-22(9,10)28-26-20(4,5)6/h15-18H2,1-14H3. The second-order valence-electron chi connectivity index (χ2n) is 12.9. The number of hydrogen-bond acceptors (Lipinski definition) is 8. The van der Waals surface area contributed by atoms with Crippen molar-refractivity contribution in [1.82, 2.24) is 0 Å². The average Bonchev–Trinajstić information content (AvgIpc) is 2.59. The molecule has 0 unspecified atom stereocenters. The average molecular weight is 467 g/mol. The lowest BCUT2D eigenvalue weighted by molar-refractivity contribution is -0.664. The van der Waals surface area contributed by atoms with Crippen LogP contribution in [-0.4, -0.2) is 33.6 Å². The lowest BCUT2D eigenvalue weighted by atomic mass is 9.94. The molecule has 194 valence electrons. The number of hydrogen-bond donors (Lipinski definition) is 0. The molecule has 0 fully saturated rings. The molecule has 0 aromatic rings. The summed E-state index contributed by atoms with van der Waals surface area (Å²) in [7, 11) is 0. The highest BCUT2D eigenvalue weighted by Crippen LogP contribution is 2.29. The molecule has 0 aliphatic heterocycles. The molecular weight excluding hydrogens is 416 g/mol. The molecule has 0 spiro atoms. The van der Waals surface area contributed by atoms with Crippen LogP contribution in [0.15, 0.2) is 0 Å². The maximum absolute atomic E-state index is 5.58. The summed E-state index contributed by atoms with van der Waals surface area (Å²) in [6.07, 6.45) is 2.69. The molecule has 0 rings (SSSR count). The molecule has 8 nitrogen and oxygen atoms in total. The molecule has 0 heterocycles. The summed E-state index contributed by atoms with van der Waals surface area (Å²) in [4.78, 5) is 32.8. The zero-order chi connectivity index (χ0) is 25.5. The van der Waals surface area contributed by atoms with E-state index in [2.05, 4.69) is 0 Å². The molecule has 0 aliphatic rings. The van der Waals surface area contributed by atoms with Crippen molar-refractivity contribution in [2.45, 2.75) is 156 Å². The van der Waals surface area contributed by atoms with Crippen LogP contribution in [-0.2, 0) is 39.4 Å². The van der Waals surface area contributed by atoms with Crippen LogP contribution in [0.5, 0.6) is 0 Å². The van der Waals surface area contributed by atoms with Gasteiger partial charge in [-0.25, -0.2) is 19.6 Å². The molecule has 0 radical (unpaired) electrons. The summed E-state index contributed by atoms with van der Waals surface area (Å²) in [5.74, 6) is 0. The first-order valence-electron chi connectivity index (χ1n) is 11.5. The minimum atomic E-state index is -0.615. The Labute approximate surface area is 196 Å². The van der Waals surface area contributed by atoms with Crippen molar-refractivity contribution in [2.75, 3.05) is 0 Å². The summed E-state index contributed by atoms with van der Waals surface area (Å²) in [6.45, 7) is 27.1. The number of rotatable bonds is 15. The maximum Gasteiger partial charge on any atom is 0.101 e. The van der Waals surface area contributed by atoms with Crippen molar-refractivity contribution >= 4 is 0 Å². The first kappa shape index (κ1) is 31.7. The molecule has 0 saturated heterocycles. The zero-order valence-electron chi connectivity index (χ0n) is 23.1. The van der Waals surface area contributed by atoms with Gasteiger partial charge < -0.3 is 0 Å². The van der Waals surface area contributed by atoms with Crippen molar-refractivity contribution < 1.29 is 39.4 Å². The highest BCUT2D eigenvalue weighted by Gasteiger charge is 2.31. The zero-order valence-corrected chi connectivity index (χ0v) is 23.1. The Morgan fingerprint density at radius 1 is 0.312 bits per heavy atom. The van der Waals surface area contributed by atoms with Crippen LogP contribution >= 0.6 is 0 Å². The summed E-state index contributed by atoms with van der Waals surface area (Å²) in [6, 6.07) is 0. The van der Waals surface area contributed by atoms with Crippen LogP contribution in [0.1, 0.15) is 123 Å². The van der Waals surface area contributed by atoms with Crippen molar-refractivity contribution in [3.05, 3.63) is 0 Å². The van der Waals surface area contributed by atoms with Gasteiger partial charge in [0.05, 0.1) is 22.4 Å². The van der Waals surface area contributed by atoms with Crippen LogP contribution in [0.2, 0.25) is 0 Å². The lowest BCUT2D eigenvalue weighted by Gasteiger charge is -2.32. The Bertz CT molecular complexity index is 479. The highest BCUT2D eigenvalue weighted by molar-refractivity contribution is 4.76. The Morgan fingerprint density at radius 2 is 0.531 bits per heavy atom. The van der Waals surface area contributed by atoms with Gasteiger partial charge in [-0.3, -0.25) is 0 Å². The fraction of sp³-hybridized carbons (Fsp3) is 1.00. The van der Waals surface area contributed by atoms with E-state index >= 15 is 0 Å². The van der Waals surface area contributed by atoms with E-state index < -0.39 is 22.4 Å². The predicted molar refractivity (Wildman–Crippen MR) is 123 cm³/mol. The van der Waals surface area contributed by atoms with Gasteiger partial charge in [0.1, 0.15) is 11.2 Å². The van der Waals surface area contributed by atoms with E-state index in [-0.39, 0.29) is 11.2 Å². The minimum absolute atomic E-state index is 0.370. The van der Waals surface area contributed by atoms with Gasteiger partial charge in [0, 0.05) is 0 Å². The molecule has 0 bridgehead atoms. The van der Waals surface area contributed by atoms with Gasteiger partial charge >= 0.3 is 0 Å². The van der Waals surface area contributed by atoms with E-state index in [0.717, 1.165) is 0 Å². The van der Waals surface area contributed by atoms with Gasteiger partial charge in [0.2, 0.25) is 0 Å². The van der Waals surface area contributed by atoms with Gasteiger partial charge in [-0.2, -0.15) is 9.78 Å². The van der Waals surface area contributed by atoms with E-state index in [4.69, 9.17) is 39.4 Å². The first-order chi connectivity index (χ1) is 14.0. The van der Waals surface area contributed by atoms with Gasteiger partial charge in [-0.05, 0) is 133 Å². The fourth-order valence-electron chi connectivity index (χ4n) is 2.06. The van der Waals surface area contributed by atoms with E-state index in [1.54, 1.807) is 0 Å². The normalized spacial score (nSPS) is 14.8. The molecule has 8 heteroatoms. The molecular formula is C24H50O8. The smallest absolute Gasteiger partial charge is 0.101 e. The summed E-state index contributed by atoms with van der Waals surface area (Å²) in [5, 5.41) is 9.78. The Balaban J connectivity index is 4.31. The molecule has 0 N–H and O–H groups in total. The summed E-state index contributed by atoms with van der Waals surface area (Å²) < 4.78 is 0. The van der Waals surface area contributed by atoms with Crippen LogP contribution in [0.3, 0.4) is 0 Å². The van der Waals surface area contributed by atoms with Gasteiger partial charge in [0.15, 0.2) is 0 Å². The van der Waals surface area contributed by atoms with Gasteiger partial charge in [-0.15, -0.1) is 0 Å². The second kappa shape index (κ2) is 11.9. The molecule has 0 aliphatic carbocycles. The Hall–Kier alpha value is -0.320. The molecule has 32 heavy (non-hydrogen) atoms. The van der Waals surface area contributed by atoms with E-state index in [1.807, 2.05) is 96.9 Å². The van der Waals surface area contributed by atoms with Crippen molar-refractivity contribution in [3.8, 4) is 0 Å². The van der Waals surface area contributed by atoms with Crippen molar-refractivity contribution in [3.63, 3.8) is 0 Å². The van der Waals surface area contributed by atoms with Crippen molar-refractivity contribution in [2.24, 2.45) is 0 Å². The van der Waals surface area contributed by atoms with E-state index in [9.17, 15) is 0 Å². The van der Waals surface area contributed by atoms with E-state index in [1.165, 1.54) is 0 Å². The van der Waals surface area contributed by atoms with Crippen LogP contribution < -0.4 is 0 Å². The topological polar surface area (TPSA) is 73.8 Å².